The zero-order valence-electron chi connectivity index (χ0n) is 14.1. The first-order valence-electron chi connectivity index (χ1n) is 8.30. The predicted octanol–water partition coefficient (Wildman–Crippen LogP) is 2.21. The molecule has 1 fully saturated rings. The van der Waals surface area contributed by atoms with Crippen LogP contribution in [0.15, 0.2) is 18.2 Å². The smallest absolute Gasteiger partial charge is 0.328 e. The van der Waals surface area contributed by atoms with Crippen molar-refractivity contribution >= 4 is 11.9 Å². The highest BCUT2D eigenvalue weighted by molar-refractivity contribution is 5.88. The van der Waals surface area contributed by atoms with Gasteiger partial charge in [-0.1, -0.05) is 12.1 Å². The molecular weight excluding hydrogens is 310 g/mol. The minimum atomic E-state index is -0.532. The Morgan fingerprint density at radius 3 is 2.83 bits per heavy atom. The van der Waals surface area contributed by atoms with Gasteiger partial charge in [-0.3, -0.25) is 4.79 Å². The number of hydrogen-bond acceptors (Lipinski definition) is 5. The number of rotatable bonds is 5. The Balaban J connectivity index is 1.72. The number of nitrogens with zero attached hydrogens (tertiary/aromatic N) is 1. The van der Waals surface area contributed by atoms with Crippen molar-refractivity contribution in [1.29, 1.82) is 0 Å². The van der Waals surface area contributed by atoms with Crippen molar-refractivity contribution in [1.82, 2.24) is 4.90 Å². The highest BCUT2D eigenvalue weighted by Gasteiger charge is 2.37. The molecule has 1 aromatic carbocycles. The van der Waals surface area contributed by atoms with Crippen LogP contribution in [-0.4, -0.2) is 43.8 Å². The third-order valence-electron chi connectivity index (χ3n) is 4.85. The second-order valence-electron chi connectivity index (χ2n) is 6.15. The molecule has 0 N–H and O–H groups in total. The number of likely N-dealkylation sites (tertiary alicyclic amines) is 1. The van der Waals surface area contributed by atoms with E-state index in [2.05, 4.69) is 0 Å². The van der Waals surface area contributed by atoms with Gasteiger partial charge in [-0.25, -0.2) is 4.79 Å². The first-order chi connectivity index (χ1) is 11.7. The first-order valence-corrected chi connectivity index (χ1v) is 8.30. The van der Waals surface area contributed by atoms with E-state index in [0.717, 1.165) is 30.6 Å². The highest BCUT2D eigenvalue weighted by Crippen LogP contribution is 2.37. The van der Waals surface area contributed by atoms with Gasteiger partial charge < -0.3 is 19.1 Å². The fourth-order valence-electron chi connectivity index (χ4n) is 3.58. The van der Waals surface area contributed by atoms with Crippen LogP contribution in [0.25, 0.3) is 0 Å². The summed E-state index contributed by atoms with van der Waals surface area (Å²) in [5, 5.41) is 0. The third kappa shape index (κ3) is 3.11. The van der Waals surface area contributed by atoms with Crippen molar-refractivity contribution in [2.75, 3.05) is 21.0 Å². The number of esters is 1. The number of benzene rings is 1. The van der Waals surface area contributed by atoms with Gasteiger partial charge in [-0.05, 0) is 42.9 Å². The van der Waals surface area contributed by atoms with E-state index >= 15 is 0 Å². The van der Waals surface area contributed by atoms with Crippen LogP contribution in [0.3, 0.4) is 0 Å². The minimum absolute atomic E-state index is 0.0629. The van der Waals surface area contributed by atoms with E-state index in [1.54, 1.807) is 7.11 Å². The maximum atomic E-state index is 12.0. The Morgan fingerprint density at radius 1 is 1.25 bits per heavy atom. The molecule has 1 aromatic rings. The van der Waals surface area contributed by atoms with Crippen LogP contribution < -0.4 is 4.74 Å². The summed E-state index contributed by atoms with van der Waals surface area (Å²) in [6.07, 6.45) is 3.63. The van der Waals surface area contributed by atoms with Gasteiger partial charge in [0.15, 0.2) is 0 Å². The fourth-order valence-corrected chi connectivity index (χ4v) is 3.58. The quantitative estimate of drug-likeness (QED) is 0.773. The van der Waals surface area contributed by atoms with E-state index in [0.29, 0.717) is 12.8 Å². The summed E-state index contributed by atoms with van der Waals surface area (Å²) in [6.45, 7) is 0.111. The molecule has 0 unspecified atom stereocenters. The standard InChI is InChI=1S/C18H23NO5/c1-22-15-7-3-6-13-12(15)5-4-8-16(13)24-11-19-14(18(21)23-2)9-10-17(19)20/h3,6-7,14,16H,4-5,8-11H2,1-2H3/t14-,16-/m0/s1. The normalized spacial score (nSPS) is 23.1. The molecule has 1 saturated heterocycles. The highest BCUT2D eigenvalue weighted by atomic mass is 16.5. The summed E-state index contributed by atoms with van der Waals surface area (Å²) in [5.74, 6) is 0.438. The van der Waals surface area contributed by atoms with Gasteiger partial charge >= 0.3 is 5.97 Å². The number of ether oxygens (including phenoxy) is 3. The summed E-state index contributed by atoms with van der Waals surface area (Å²) in [6, 6.07) is 5.43. The van der Waals surface area contributed by atoms with Crippen molar-refractivity contribution < 1.29 is 23.8 Å². The Morgan fingerprint density at radius 2 is 2.08 bits per heavy atom. The Kier molecular flexibility index (Phi) is 5.04. The molecule has 0 radical (unpaired) electrons. The van der Waals surface area contributed by atoms with E-state index in [1.807, 2.05) is 18.2 Å². The molecule has 6 nitrogen and oxygen atoms in total. The molecule has 24 heavy (non-hydrogen) atoms. The average molecular weight is 333 g/mol. The molecular formula is C18H23NO5. The first kappa shape index (κ1) is 16.8. The van der Waals surface area contributed by atoms with Crippen LogP contribution >= 0.6 is 0 Å². The molecule has 1 heterocycles. The van der Waals surface area contributed by atoms with Crippen molar-refractivity contribution in [2.45, 2.75) is 44.2 Å². The van der Waals surface area contributed by atoms with Crippen molar-refractivity contribution in [2.24, 2.45) is 0 Å². The SMILES string of the molecule is COC(=O)[C@@H]1CCC(=O)N1CO[C@H]1CCCc2c(OC)cccc21. The Hall–Kier alpha value is -2.08. The second-order valence-corrected chi connectivity index (χ2v) is 6.15. The molecule has 2 aliphatic rings. The van der Waals surface area contributed by atoms with Gasteiger partial charge in [0.25, 0.3) is 0 Å². The molecule has 1 aliphatic heterocycles. The maximum Gasteiger partial charge on any atom is 0.328 e. The molecule has 0 spiro atoms. The predicted molar refractivity (Wildman–Crippen MR) is 86.5 cm³/mol. The number of carbonyl (C=O) groups excluding carboxylic acids is 2. The molecule has 3 rings (SSSR count). The molecule has 6 heteroatoms. The minimum Gasteiger partial charge on any atom is -0.496 e. The maximum absolute atomic E-state index is 12.0. The van der Waals surface area contributed by atoms with E-state index in [4.69, 9.17) is 14.2 Å². The summed E-state index contributed by atoms with van der Waals surface area (Å²) in [5.41, 5.74) is 2.29. The molecule has 2 atom stereocenters. The largest absolute Gasteiger partial charge is 0.496 e. The topological polar surface area (TPSA) is 65.1 Å². The number of carbonyl (C=O) groups is 2. The van der Waals surface area contributed by atoms with Gasteiger partial charge in [0.1, 0.15) is 18.5 Å². The Labute approximate surface area is 141 Å². The van der Waals surface area contributed by atoms with Crippen LogP contribution in [0.1, 0.15) is 42.9 Å². The van der Waals surface area contributed by atoms with E-state index in [-0.39, 0.29) is 24.7 Å². The molecule has 0 bridgehead atoms. The van der Waals surface area contributed by atoms with Crippen molar-refractivity contribution in [3.8, 4) is 5.75 Å². The zero-order valence-corrected chi connectivity index (χ0v) is 14.1. The lowest BCUT2D eigenvalue weighted by Crippen LogP contribution is -2.41. The zero-order chi connectivity index (χ0) is 17.1. The van der Waals surface area contributed by atoms with Crippen LogP contribution in [0.2, 0.25) is 0 Å². The van der Waals surface area contributed by atoms with Crippen molar-refractivity contribution in [3.05, 3.63) is 29.3 Å². The lowest BCUT2D eigenvalue weighted by Gasteiger charge is -2.30. The Bertz CT molecular complexity index is 630. The summed E-state index contributed by atoms with van der Waals surface area (Å²) < 4.78 is 16.3. The monoisotopic (exact) mass is 333 g/mol. The fraction of sp³-hybridized carbons (Fsp3) is 0.556. The molecule has 1 aliphatic carbocycles. The molecule has 130 valence electrons. The third-order valence-corrected chi connectivity index (χ3v) is 4.85. The van der Waals surface area contributed by atoms with Crippen LogP contribution in [-0.2, 0) is 25.5 Å². The summed E-state index contributed by atoms with van der Waals surface area (Å²) in [4.78, 5) is 25.3. The van der Waals surface area contributed by atoms with Gasteiger partial charge in [0, 0.05) is 6.42 Å². The van der Waals surface area contributed by atoms with Crippen LogP contribution in [0.5, 0.6) is 5.75 Å². The number of amides is 1. The molecule has 0 aromatic heterocycles. The second kappa shape index (κ2) is 7.21. The van der Waals surface area contributed by atoms with Crippen molar-refractivity contribution in [3.63, 3.8) is 0 Å². The number of methoxy groups -OCH3 is 2. The van der Waals surface area contributed by atoms with E-state index in [1.165, 1.54) is 17.6 Å². The van der Waals surface area contributed by atoms with Gasteiger partial charge in [0.05, 0.1) is 20.3 Å². The number of hydrogen-bond donors (Lipinski definition) is 0. The van der Waals surface area contributed by atoms with E-state index < -0.39 is 6.04 Å². The lowest BCUT2D eigenvalue weighted by molar-refractivity contribution is -0.155. The average Bonchev–Trinajstić information content (AvgIpc) is 2.99. The molecule has 1 amide bonds. The van der Waals surface area contributed by atoms with Gasteiger partial charge in [-0.15, -0.1) is 0 Å². The number of fused-ring (bicyclic) bond motifs is 1. The van der Waals surface area contributed by atoms with E-state index in [9.17, 15) is 9.59 Å². The van der Waals surface area contributed by atoms with Gasteiger partial charge in [-0.2, -0.15) is 0 Å². The lowest BCUT2D eigenvalue weighted by atomic mass is 9.89. The van der Waals surface area contributed by atoms with Gasteiger partial charge in [0.2, 0.25) is 5.91 Å². The summed E-state index contributed by atoms with van der Waals surface area (Å²) in [7, 11) is 3.01. The van der Waals surface area contributed by atoms with Crippen LogP contribution in [0, 0.1) is 0 Å². The summed E-state index contributed by atoms with van der Waals surface area (Å²) >= 11 is 0. The molecule has 0 saturated carbocycles. The van der Waals surface area contributed by atoms with Crippen LogP contribution in [0.4, 0.5) is 0 Å².